The zero-order valence-corrected chi connectivity index (χ0v) is 16.4. The Morgan fingerprint density at radius 2 is 1.96 bits per heavy atom. The highest BCUT2D eigenvalue weighted by Gasteiger charge is 2.13. The molecule has 0 aliphatic carbocycles. The van der Waals surface area contributed by atoms with Gasteiger partial charge in [0.15, 0.2) is 0 Å². The van der Waals surface area contributed by atoms with E-state index >= 15 is 0 Å². The molecule has 0 bridgehead atoms. The Morgan fingerprint density at radius 1 is 1.25 bits per heavy atom. The Labute approximate surface area is 164 Å². The number of hydrogen-bond donors (Lipinski definition) is 2. The smallest absolute Gasteiger partial charge is 0.411 e. The van der Waals surface area contributed by atoms with E-state index in [9.17, 15) is 9.59 Å². The number of rotatable bonds is 8. The fraction of sp³-hybridized carbons (Fsp3) is 0.400. The maximum atomic E-state index is 12.2. The summed E-state index contributed by atoms with van der Waals surface area (Å²) in [6.07, 6.45) is 0.865. The first kappa shape index (κ1) is 21.0. The standard InChI is InChI=1S/C20H25N5O3/c1-14-18(15(2)25(24-14)12-4-11-21)9-10-19(26)22-13-16-5-7-17(8-6-16)23-20(27)28-3/h5-8H,4,9-10,12-13H2,1-3H3,(H,22,26)(H,23,27). The van der Waals surface area contributed by atoms with Crippen molar-refractivity contribution in [3.05, 3.63) is 46.8 Å². The lowest BCUT2D eigenvalue weighted by Crippen LogP contribution is -2.23. The Balaban J connectivity index is 1.82. The number of nitrogens with zero attached hydrogens (tertiary/aromatic N) is 3. The molecule has 0 spiro atoms. The van der Waals surface area contributed by atoms with E-state index in [0.717, 1.165) is 22.5 Å². The summed E-state index contributed by atoms with van der Waals surface area (Å²) < 4.78 is 6.37. The molecular weight excluding hydrogens is 358 g/mol. The summed E-state index contributed by atoms with van der Waals surface area (Å²) in [5, 5.41) is 18.6. The quantitative estimate of drug-likeness (QED) is 0.728. The van der Waals surface area contributed by atoms with E-state index in [4.69, 9.17) is 5.26 Å². The third-order valence-corrected chi connectivity index (χ3v) is 4.44. The monoisotopic (exact) mass is 383 g/mol. The molecule has 2 N–H and O–H groups in total. The van der Waals surface area contributed by atoms with Crippen LogP contribution in [0.1, 0.15) is 35.4 Å². The van der Waals surface area contributed by atoms with Crippen molar-refractivity contribution in [2.24, 2.45) is 0 Å². The number of aryl methyl sites for hydroxylation is 2. The molecule has 0 aliphatic rings. The first-order valence-electron chi connectivity index (χ1n) is 9.05. The number of carbonyl (C=O) groups is 2. The van der Waals surface area contributed by atoms with Gasteiger partial charge in [-0.2, -0.15) is 10.4 Å². The van der Waals surface area contributed by atoms with Crippen molar-refractivity contribution in [2.45, 2.75) is 46.2 Å². The molecule has 2 rings (SSSR count). The van der Waals surface area contributed by atoms with Gasteiger partial charge in [0.1, 0.15) is 0 Å². The van der Waals surface area contributed by atoms with E-state index in [0.29, 0.717) is 38.0 Å². The molecule has 1 heterocycles. The minimum absolute atomic E-state index is 0.0414. The molecule has 1 aromatic carbocycles. The van der Waals surface area contributed by atoms with Gasteiger partial charge >= 0.3 is 6.09 Å². The number of hydrogen-bond acceptors (Lipinski definition) is 5. The number of methoxy groups -OCH3 is 1. The molecule has 0 unspecified atom stereocenters. The minimum Gasteiger partial charge on any atom is -0.453 e. The van der Waals surface area contributed by atoms with Gasteiger partial charge in [-0.25, -0.2) is 4.79 Å². The van der Waals surface area contributed by atoms with Crippen molar-refractivity contribution in [3.63, 3.8) is 0 Å². The number of nitrogens with one attached hydrogen (secondary N) is 2. The lowest BCUT2D eigenvalue weighted by molar-refractivity contribution is -0.121. The van der Waals surface area contributed by atoms with Gasteiger partial charge in [0.05, 0.1) is 31.8 Å². The molecule has 1 aromatic heterocycles. The number of benzene rings is 1. The van der Waals surface area contributed by atoms with Gasteiger partial charge in [0.25, 0.3) is 0 Å². The molecule has 0 saturated carbocycles. The molecule has 8 nitrogen and oxygen atoms in total. The highest BCUT2D eigenvalue weighted by Crippen LogP contribution is 2.16. The van der Waals surface area contributed by atoms with E-state index in [-0.39, 0.29) is 5.91 Å². The Morgan fingerprint density at radius 3 is 2.61 bits per heavy atom. The molecule has 0 fully saturated rings. The normalized spacial score (nSPS) is 10.2. The maximum absolute atomic E-state index is 12.2. The zero-order valence-electron chi connectivity index (χ0n) is 16.4. The van der Waals surface area contributed by atoms with Crippen molar-refractivity contribution in [2.75, 3.05) is 12.4 Å². The van der Waals surface area contributed by atoms with Crippen LogP contribution in [0.3, 0.4) is 0 Å². The summed E-state index contributed by atoms with van der Waals surface area (Å²) in [5.41, 5.74) is 4.53. The van der Waals surface area contributed by atoms with Gasteiger partial charge in [-0.05, 0) is 43.5 Å². The van der Waals surface area contributed by atoms with Gasteiger partial charge in [-0.3, -0.25) is 14.8 Å². The summed E-state index contributed by atoms with van der Waals surface area (Å²) in [6, 6.07) is 9.28. The second-order valence-electron chi connectivity index (χ2n) is 6.37. The summed E-state index contributed by atoms with van der Waals surface area (Å²) in [5.74, 6) is -0.0414. The van der Waals surface area contributed by atoms with E-state index in [1.165, 1.54) is 7.11 Å². The predicted octanol–water partition coefficient (Wildman–Crippen LogP) is 2.84. The maximum Gasteiger partial charge on any atom is 0.411 e. The third-order valence-electron chi connectivity index (χ3n) is 4.44. The molecule has 0 aliphatic heterocycles. The third kappa shape index (κ3) is 5.84. The minimum atomic E-state index is -0.525. The highest BCUT2D eigenvalue weighted by atomic mass is 16.5. The molecule has 0 atom stereocenters. The SMILES string of the molecule is COC(=O)Nc1ccc(CNC(=O)CCc2c(C)nn(CCC#N)c2C)cc1. The van der Waals surface area contributed by atoms with Crippen LogP contribution in [0.2, 0.25) is 0 Å². The molecule has 8 heteroatoms. The van der Waals surface area contributed by atoms with Gasteiger partial charge in [-0.1, -0.05) is 12.1 Å². The number of aromatic nitrogens is 2. The Kier molecular flexibility index (Phi) is 7.57. The zero-order chi connectivity index (χ0) is 20.5. The number of amides is 2. The lowest BCUT2D eigenvalue weighted by atomic mass is 10.1. The van der Waals surface area contributed by atoms with Crippen molar-refractivity contribution in [1.29, 1.82) is 5.26 Å². The molecule has 0 saturated heterocycles. The molecule has 28 heavy (non-hydrogen) atoms. The van der Waals surface area contributed by atoms with Crippen LogP contribution in [0.15, 0.2) is 24.3 Å². The van der Waals surface area contributed by atoms with E-state index in [1.807, 2.05) is 30.7 Å². The van der Waals surface area contributed by atoms with E-state index < -0.39 is 6.09 Å². The van der Waals surface area contributed by atoms with Crippen LogP contribution in [-0.2, 0) is 29.0 Å². The van der Waals surface area contributed by atoms with E-state index in [1.54, 1.807) is 12.1 Å². The van der Waals surface area contributed by atoms with Crippen molar-refractivity contribution in [1.82, 2.24) is 15.1 Å². The highest BCUT2D eigenvalue weighted by molar-refractivity contribution is 5.84. The van der Waals surface area contributed by atoms with Crippen LogP contribution >= 0.6 is 0 Å². The fourth-order valence-electron chi connectivity index (χ4n) is 2.87. The van der Waals surface area contributed by atoms with Crippen LogP contribution in [0.25, 0.3) is 0 Å². The topological polar surface area (TPSA) is 109 Å². The van der Waals surface area contributed by atoms with Crippen LogP contribution < -0.4 is 10.6 Å². The fourth-order valence-corrected chi connectivity index (χ4v) is 2.87. The number of ether oxygens (including phenoxy) is 1. The van der Waals surface area contributed by atoms with Crippen molar-refractivity contribution in [3.8, 4) is 6.07 Å². The first-order valence-corrected chi connectivity index (χ1v) is 9.05. The number of carbonyl (C=O) groups excluding carboxylic acids is 2. The van der Waals surface area contributed by atoms with Gasteiger partial charge in [0.2, 0.25) is 5.91 Å². The largest absolute Gasteiger partial charge is 0.453 e. The van der Waals surface area contributed by atoms with Crippen molar-refractivity contribution < 1.29 is 14.3 Å². The molecular formula is C20H25N5O3. The van der Waals surface area contributed by atoms with Crippen molar-refractivity contribution >= 4 is 17.7 Å². The molecule has 2 amide bonds. The summed E-state index contributed by atoms with van der Waals surface area (Å²) in [7, 11) is 1.31. The van der Waals surface area contributed by atoms with Gasteiger partial charge in [0, 0.05) is 24.3 Å². The summed E-state index contributed by atoms with van der Waals surface area (Å²) >= 11 is 0. The average molecular weight is 383 g/mol. The summed E-state index contributed by atoms with van der Waals surface area (Å²) in [6.45, 7) is 4.87. The second kappa shape index (κ2) is 10.1. The lowest BCUT2D eigenvalue weighted by Gasteiger charge is -2.08. The van der Waals surface area contributed by atoms with E-state index in [2.05, 4.69) is 26.5 Å². The van der Waals surface area contributed by atoms with Gasteiger partial charge in [-0.15, -0.1) is 0 Å². The molecule has 0 radical (unpaired) electrons. The van der Waals surface area contributed by atoms with Crippen LogP contribution in [-0.4, -0.2) is 28.9 Å². The second-order valence-corrected chi connectivity index (χ2v) is 6.37. The predicted molar refractivity (Wildman–Crippen MR) is 105 cm³/mol. The number of nitriles is 1. The molecule has 2 aromatic rings. The average Bonchev–Trinajstić information content (AvgIpc) is 2.96. The van der Waals surface area contributed by atoms with Crippen LogP contribution in [0.4, 0.5) is 10.5 Å². The Hall–Kier alpha value is -3.34. The molecule has 148 valence electrons. The summed E-state index contributed by atoms with van der Waals surface area (Å²) in [4.78, 5) is 23.3. The van der Waals surface area contributed by atoms with Crippen LogP contribution in [0, 0.1) is 25.2 Å². The van der Waals surface area contributed by atoms with Gasteiger partial charge < -0.3 is 10.1 Å². The van der Waals surface area contributed by atoms with Crippen LogP contribution in [0.5, 0.6) is 0 Å². The Bertz CT molecular complexity index is 865. The number of anilines is 1. The first-order chi connectivity index (χ1) is 13.4.